The number of alkyl halides is 1. The summed E-state index contributed by atoms with van der Waals surface area (Å²) in [5, 5.41) is 11.9. The molecule has 302 valence electrons. The molecule has 2 saturated carbocycles. The minimum atomic E-state index is -0.357. The molecular weight excluding hydrogens is 787 g/mol. The van der Waals surface area contributed by atoms with Gasteiger partial charge < -0.3 is 16.4 Å². The summed E-state index contributed by atoms with van der Waals surface area (Å²) in [6, 6.07) is 17.4. The molecule has 3 aromatic rings. The van der Waals surface area contributed by atoms with Crippen molar-refractivity contribution in [2.75, 3.05) is 50.5 Å². The van der Waals surface area contributed by atoms with E-state index in [2.05, 4.69) is 51.8 Å². The topological polar surface area (TPSA) is 86.5 Å². The lowest BCUT2D eigenvalue weighted by Gasteiger charge is -2.36. The third-order valence-corrected chi connectivity index (χ3v) is 14.1. The van der Waals surface area contributed by atoms with Crippen LogP contribution < -0.4 is 16.4 Å². The minimum Gasteiger partial charge on any atom is -0.376 e. The Balaban J connectivity index is 0.000000172. The number of likely N-dealkylation sites (N-methyl/N-ethyl adjacent to an activating group) is 2. The fourth-order valence-corrected chi connectivity index (χ4v) is 10.7. The van der Waals surface area contributed by atoms with Crippen LogP contribution in [0.15, 0.2) is 53.9 Å². The van der Waals surface area contributed by atoms with Crippen LogP contribution in [0.1, 0.15) is 114 Å². The third kappa shape index (κ3) is 11.6. The Labute approximate surface area is 354 Å². The van der Waals surface area contributed by atoms with Crippen molar-refractivity contribution in [1.29, 1.82) is 0 Å². The molecule has 2 saturated heterocycles. The van der Waals surface area contributed by atoms with Crippen molar-refractivity contribution in [3.05, 3.63) is 80.8 Å². The molecule has 1 aromatic heterocycles. The fraction of sp³-hybridized carbons (Fsp3) is 0.605. The average molecular weight is 848 g/mol. The maximum Gasteiger partial charge on any atom is 0.182 e. The highest BCUT2D eigenvalue weighted by atomic mass is 35.5. The number of nitrogens with zero attached hydrogens (tertiary/aromatic N) is 3. The smallest absolute Gasteiger partial charge is 0.182 e. The van der Waals surface area contributed by atoms with Crippen molar-refractivity contribution < 1.29 is 4.79 Å². The lowest BCUT2D eigenvalue weighted by Crippen LogP contribution is -2.41. The first-order valence-electron chi connectivity index (χ1n) is 20.5. The maximum atomic E-state index is 12.2. The fourth-order valence-electron chi connectivity index (χ4n) is 9.30. The van der Waals surface area contributed by atoms with Gasteiger partial charge in [-0.3, -0.25) is 14.6 Å². The van der Waals surface area contributed by atoms with Gasteiger partial charge in [0.1, 0.15) is 0 Å². The van der Waals surface area contributed by atoms with E-state index in [1.807, 2.05) is 36.4 Å². The maximum absolute atomic E-state index is 12.2. The summed E-state index contributed by atoms with van der Waals surface area (Å²) in [6.07, 6.45) is 15.4. The molecule has 0 spiro atoms. The van der Waals surface area contributed by atoms with Crippen LogP contribution >= 0.6 is 58.4 Å². The number of nitrogens with two attached hydrogens (primary N) is 1. The van der Waals surface area contributed by atoms with Gasteiger partial charge in [0, 0.05) is 46.0 Å². The summed E-state index contributed by atoms with van der Waals surface area (Å²) in [5.74, 6) is 0.254. The van der Waals surface area contributed by atoms with E-state index in [1.165, 1.54) is 82.1 Å². The second-order valence-corrected chi connectivity index (χ2v) is 18.0. The molecule has 4 aliphatic rings. The van der Waals surface area contributed by atoms with Gasteiger partial charge in [0.2, 0.25) is 0 Å². The Bertz CT molecular complexity index is 1630. The second-order valence-electron chi connectivity index (χ2n) is 15.5. The largest absolute Gasteiger partial charge is 0.376 e. The number of carbonyl (C=O) groups excluding carboxylic acids is 1. The summed E-state index contributed by atoms with van der Waals surface area (Å²) >= 11 is 24.3. The number of halogens is 3. The number of hydrogen-bond donors (Lipinski definition) is 3. The minimum absolute atomic E-state index is 0.0732. The molecule has 2 aliphatic carbocycles. The van der Waals surface area contributed by atoms with E-state index in [9.17, 15) is 4.79 Å². The van der Waals surface area contributed by atoms with Crippen molar-refractivity contribution in [3.63, 3.8) is 0 Å². The molecule has 4 fully saturated rings. The molecule has 0 radical (unpaired) electrons. The van der Waals surface area contributed by atoms with Crippen molar-refractivity contribution in [1.82, 2.24) is 20.1 Å². The first-order chi connectivity index (χ1) is 26.6. The van der Waals surface area contributed by atoms with Gasteiger partial charge in [0.25, 0.3) is 0 Å². The second kappa shape index (κ2) is 21.7. The van der Waals surface area contributed by atoms with Crippen LogP contribution in [-0.4, -0.2) is 82.9 Å². The summed E-state index contributed by atoms with van der Waals surface area (Å²) in [6.45, 7) is 11.1. The Hall–Kier alpha value is -1.98. The number of thiocarbonyl (C=S) groups is 1. The molecule has 0 amide bonds. The number of Topliss-reactive ketones (excluding diaryl/α,β-unsaturated/α-hetero) is 1. The molecule has 3 heterocycles. The summed E-state index contributed by atoms with van der Waals surface area (Å²) < 4.78 is 0. The molecule has 2 aliphatic heterocycles. The number of benzene rings is 2. The van der Waals surface area contributed by atoms with Gasteiger partial charge in [0.15, 0.2) is 16.0 Å². The molecule has 2 atom stereocenters. The number of nitrogens with one attached hydrogen (secondary N) is 2. The zero-order chi connectivity index (χ0) is 39.3. The van der Waals surface area contributed by atoms with Crippen molar-refractivity contribution in [3.8, 4) is 0 Å². The predicted molar refractivity (Wildman–Crippen MR) is 239 cm³/mol. The van der Waals surface area contributed by atoms with Crippen LogP contribution in [0.25, 0.3) is 0 Å². The summed E-state index contributed by atoms with van der Waals surface area (Å²) in [7, 11) is 0. The van der Waals surface area contributed by atoms with Crippen LogP contribution in [0.4, 0.5) is 5.13 Å². The Morgan fingerprint density at radius 3 is 1.87 bits per heavy atom. The Morgan fingerprint density at radius 1 is 0.818 bits per heavy atom. The molecule has 12 heteroatoms. The highest BCUT2D eigenvalue weighted by Gasteiger charge is 2.41. The molecule has 0 bridgehead atoms. The van der Waals surface area contributed by atoms with Gasteiger partial charge in [-0.1, -0.05) is 93.4 Å². The normalized spacial score (nSPS) is 21.9. The van der Waals surface area contributed by atoms with Gasteiger partial charge in [-0.2, -0.15) is 0 Å². The van der Waals surface area contributed by atoms with Gasteiger partial charge in [-0.25, -0.2) is 4.98 Å². The first kappa shape index (κ1) is 44.1. The van der Waals surface area contributed by atoms with E-state index in [4.69, 9.17) is 57.7 Å². The number of likely N-dealkylation sites (tertiary alicyclic amines) is 2. The molecule has 7 rings (SSSR count). The predicted octanol–water partition coefficient (Wildman–Crippen LogP) is 10.2. The van der Waals surface area contributed by atoms with Crippen LogP contribution in [0.2, 0.25) is 10.0 Å². The molecule has 7 nitrogen and oxygen atoms in total. The Kier molecular flexibility index (Phi) is 17.4. The lowest BCUT2D eigenvalue weighted by atomic mass is 9.67. The van der Waals surface area contributed by atoms with E-state index < -0.39 is 0 Å². The molecular formula is C43H61Cl3N6OS2. The number of ketones is 1. The zero-order valence-electron chi connectivity index (χ0n) is 32.8. The standard InChI is InChI=1S/C21H28ClN3S.C14H16Cl2O.C8H17N3S/c1-2-25-13-5-6-18(25)14-23-20-24-19(15-26-20)21(11-3-4-12-21)16-7-9-17(22)10-8-16;15-10-13(17)14(8-2-1-3-9-14)11-4-6-12(16)7-5-11;1-2-11-5-3-4-7(11)6-10-8(9)12/h7-10,15,18H,2-6,11-14H2,1H3,(H,23,24);4-7H,1-3,8-10H2;7H,2-6H2,1H3,(H3,9,10,12). The number of anilines is 1. The molecule has 2 aromatic carbocycles. The quantitative estimate of drug-likeness (QED) is 0.123. The van der Waals surface area contributed by atoms with Gasteiger partial charge >= 0.3 is 0 Å². The van der Waals surface area contributed by atoms with Crippen LogP contribution in [0.3, 0.4) is 0 Å². The number of hydrogen-bond acceptors (Lipinski definition) is 7. The third-order valence-electron chi connectivity index (χ3n) is 12.4. The van der Waals surface area contributed by atoms with E-state index >= 15 is 0 Å². The SMILES string of the molecule is CCN1CCCC1CNC(N)=S.CCN1CCCC1CNc1nc(C2(c3ccc(Cl)cc3)CCCC2)cs1.O=C(CCl)C1(c2ccc(Cl)cc2)CCCCC1. The molecule has 2 unspecified atom stereocenters. The number of carbonyl (C=O) groups is 1. The van der Waals surface area contributed by atoms with Crippen LogP contribution in [0.5, 0.6) is 0 Å². The number of aromatic nitrogens is 1. The average Bonchev–Trinajstić information content (AvgIpc) is 4.05. The van der Waals surface area contributed by atoms with E-state index in [0.29, 0.717) is 22.2 Å². The Morgan fingerprint density at radius 2 is 1.35 bits per heavy atom. The van der Waals surface area contributed by atoms with Gasteiger partial charge in [0.05, 0.1) is 17.0 Å². The van der Waals surface area contributed by atoms with Crippen molar-refractivity contribution in [2.24, 2.45) is 5.73 Å². The van der Waals surface area contributed by atoms with Crippen molar-refractivity contribution >= 4 is 74.4 Å². The monoisotopic (exact) mass is 846 g/mol. The lowest BCUT2D eigenvalue weighted by molar-refractivity contribution is -0.123. The van der Waals surface area contributed by atoms with Crippen LogP contribution in [0, 0.1) is 0 Å². The number of thiazole rings is 1. The highest BCUT2D eigenvalue weighted by Crippen LogP contribution is 2.47. The summed E-state index contributed by atoms with van der Waals surface area (Å²) in [4.78, 5) is 22.3. The van der Waals surface area contributed by atoms with Crippen LogP contribution in [-0.2, 0) is 15.6 Å². The highest BCUT2D eigenvalue weighted by molar-refractivity contribution is 7.80. The first-order valence-corrected chi connectivity index (χ1v) is 23.0. The molecule has 4 N–H and O–H groups in total. The van der Waals surface area contributed by atoms with E-state index in [0.717, 1.165) is 67.6 Å². The van der Waals surface area contributed by atoms with Gasteiger partial charge in [-0.05, 0) is 125 Å². The van der Waals surface area contributed by atoms with Gasteiger partial charge in [-0.15, -0.1) is 22.9 Å². The van der Waals surface area contributed by atoms with Crippen molar-refractivity contribution in [2.45, 2.75) is 120 Å². The van der Waals surface area contributed by atoms with E-state index in [-0.39, 0.29) is 22.5 Å². The number of rotatable bonds is 12. The zero-order valence-corrected chi connectivity index (χ0v) is 36.7. The molecule has 55 heavy (non-hydrogen) atoms. The van der Waals surface area contributed by atoms with E-state index in [1.54, 1.807) is 11.3 Å². The summed E-state index contributed by atoms with van der Waals surface area (Å²) in [5.41, 5.74) is 8.76.